The van der Waals surface area contributed by atoms with Crippen LogP contribution in [0, 0.1) is 58.2 Å². The maximum Gasteiger partial charge on any atom is 0.0648 e. The lowest BCUT2D eigenvalue weighted by molar-refractivity contribution is -0.154. The van der Waals surface area contributed by atoms with Gasteiger partial charge in [0.2, 0.25) is 0 Å². The van der Waals surface area contributed by atoms with E-state index in [0.29, 0.717) is 22.7 Å². The molecule has 0 aromatic heterocycles. The summed E-state index contributed by atoms with van der Waals surface area (Å²) in [5, 5.41) is 22.1. The standard InChI is InChI=1S/C29H50O2/c1-6-29(31)14-13-27(4)21(17-29)7-8-22-24-10-9-23(28(24,5)12-11-25(22)27)19(3)26(30)16-20-15-18(20)2/h18-26,30-31H,6-17H2,1-5H3/t18-,19+,20?,21+,22+,23-,24+,25+,26-,27+,28-,29+/m1/s1. The summed E-state index contributed by atoms with van der Waals surface area (Å²) in [7, 11) is 0. The van der Waals surface area contributed by atoms with Crippen molar-refractivity contribution in [2.45, 2.75) is 123 Å². The molecule has 2 nitrogen and oxygen atoms in total. The van der Waals surface area contributed by atoms with E-state index in [4.69, 9.17) is 0 Å². The van der Waals surface area contributed by atoms with Gasteiger partial charge >= 0.3 is 0 Å². The van der Waals surface area contributed by atoms with Crippen LogP contribution in [0.4, 0.5) is 0 Å². The molecule has 1 unspecified atom stereocenters. The van der Waals surface area contributed by atoms with E-state index >= 15 is 0 Å². The average molecular weight is 431 g/mol. The number of rotatable bonds is 5. The van der Waals surface area contributed by atoms with Gasteiger partial charge < -0.3 is 10.2 Å². The minimum atomic E-state index is -0.386. The molecule has 5 rings (SSSR count). The smallest absolute Gasteiger partial charge is 0.0648 e. The molecule has 2 heteroatoms. The van der Waals surface area contributed by atoms with Crippen molar-refractivity contribution in [2.75, 3.05) is 0 Å². The predicted molar refractivity (Wildman–Crippen MR) is 128 cm³/mol. The molecule has 5 aliphatic rings. The predicted octanol–water partition coefficient (Wildman–Crippen LogP) is 6.83. The molecule has 0 radical (unpaired) electrons. The summed E-state index contributed by atoms with van der Waals surface area (Å²) in [6, 6.07) is 0. The van der Waals surface area contributed by atoms with Crippen LogP contribution in [-0.2, 0) is 0 Å². The molecule has 0 spiro atoms. The summed E-state index contributed by atoms with van der Waals surface area (Å²) in [6.07, 6.45) is 14.8. The third kappa shape index (κ3) is 3.56. The summed E-state index contributed by atoms with van der Waals surface area (Å²) < 4.78 is 0. The molecule has 31 heavy (non-hydrogen) atoms. The Balaban J connectivity index is 1.31. The minimum Gasteiger partial charge on any atom is -0.393 e. The molecule has 0 amide bonds. The van der Waals surface area contributed by atoms with Crippen molar-refractivity contribution < 1.29 is 10.2 Å². The van der Waals surface area contributed by atoms with E-state index in [1.165, 1.54) is 51.4 Å². The first-order valence-electron chi connectivity index (χ1n) is 14.0. The maximum absolute atomic E-state index is 11.1. The van der Waals surface area contributed by atoms with E-state index in [0.717, 1.165) is 61.2 Å². The summed E-state index contributed by atoms with van der Waals surface area (Å²) in [6.45, 7) is 12.1. The molecule has 12 atom stereocenters. The summed E-state index contributed by atoms with van der Waals surface area (Å²) >= 11 is 0. The van der Waals surface area contributed by atoms with E-state index in [2.05, 4.69) is 34.6 Å². The lowest BCUT2D eigenvalue weighted by Gasteiger charge is -2.62. The van der Waals surface area contributed by atoms with Crippen molar-refractivity contribution in [3.63, 3.8) is 0 Å². The first-order chi connectivity index (χ1) is 14.6. The lowest BCUT2D eigenvalue weighted by Crippen LogP contribution is -2.56. The molecular formula is C29H50O2. The fraction of sp³-hybridized carbons (Fsp3) is 1.00. The number of aliphatic hydroxyl groups is 2. The number of fused-ring (bicyclic) bond motifs is 5. The summed E-state index contributed by atoms with van der Waals surface area (Å²) in [4.78, 5) is 0. The normalized spacial score (nSPS) is 55.6. The van der Waals surface area contributed by atoms with E-state index < -0.39 is 0 Å². The van der Waals surface area contributed by atoms with Gasteiger partial charge in [-0.3, -0.25) is 0 Å². The quantitative estimate of drug-likeness (QED) is 0.502. The van der Waals surface area contributed by atoms with E-state index in [9.17, 15) is 10.2 Å². The van der Waals surface area contributed by atoms with E-state index in [1.807, 2.05) is 0 Å². The second-order valence-electron chi connectivity index (χ2n) is 13.8. The van der Waals surface area contributed by atoms with Gasteiger partial charge in [0.15, 0.2) is 0 Å². The van der Waals surface area contributed by atoms with E-state index in [-0.39, 0.29) is 11.7 Å². The number of aliphatic hydroxyl groups excluding tert-OH is 1. The minimum absolute atomic E-state index is 0.0911. The van der Waals surface area contributed by atoms with Gasteiger partial charge in [-0.1, -0.05) is 34.6 Å². The number of hydrogen-bond donors (Lipinski definition) is 2. The highest BCUT2D eigenvalue weighted by Crippen LogP contribution is 2.69. The van der Waals surface area contributed by atoms with Crippen LogP contribution in [-0.4, -0.2) is 21.9 Å². The average Bonchev–Trinajstić information content (AvgIpc) is 3.30. The zero-order valence-corrected chi connectivity index (χ0v) is 21.1. The Morgan fingerprint density at radius 3 is 2.32 bits per heavy atom. The maximum atomic E-state index is 11.1. The van der Waals surface area contributed by atoms with Crippen LogP contribution in [0.1, 0.15) is 112 Å². The van der Waals surface area contributed by atoms with Crippen molar-refractivity contribution >= 4 is 0 Å². The highest BCUT2D eigenvalue weighted by Gasteiger charge is 2.61. The summed E-state index contributed by atoms with van der Waals surface area (Å²) in [5.74, 6) is 6.18. The fourth-order valence-electron chi connectivity index (χ4n) is 10.1. The molecule has 5 saturated carbocycles. The molecule has 0 aromatic carbocycles. The Morgan fingerprint density at radius 2 is 1.65 bits per heavy atom. The van der Waals surface area contributed by atoms with E-state index in [1.54, 1.807) is 0 Å². The number of hydrogen-bond acceptors (Lipinski definition) is 2. The fourth-order valence-corrected chi connectivity index (χ4v) is 10.1. The van der Waals surface area contributed by atoms with Gasteiger partial charge in [0, 0.05) is 0 Å². The molecular weight excluding hydrogens is 380 g/mol. The molecule has 2 N–H and O–H groups in total. The zero-order chi connectivity index (χ0) is 22.2. The highest BCUT2D eigenvalue weighted by molar-refractivity contribution is 5.11. The van der Waals surface area contributed by atoms with Crippen LogP contribution in [0.2, 0.25) is 0 Å². The van der Waals surface area contributed by atoms with Gasteiger partial charge in [-0.25, -0.2) is 0 Å². The third-order valence-corrected chi connectivity index (χ3v) is 12.6. The highest BCUT2D eigenvalue weighted by atomic mass is 16.3. The van der Waals surface area contributed by atoms with Crippen molar-refractivity contribution in [2.24, 2.45) is 58.2 Å². The van der Waals surface area contributed by atoms with Crippen LogP contribution in [0.3, 0.4) is 0 Å². The second kappa shape index (κ2) is 7.72. The van der Waals surface area contributed by atoms with Crippen LogP contribution < -0.4 is 0 Å². The largest absolute Gasteiger partial charge is 0.393 e. The van der Waals surface area contributed by atoms with Gasteiger partial charge in [-0.05, 0) is 135 Å². The second-order valence-corrected chi connectivity index (χ2v) is 13.8. The molecule has 5 fully saturated rings. The first kappa shape index (κ1) is 22.7. The van der Waals surface area contributed by atoms with Crippen LogP contribution >= 0.6 is 0 Å². The first-order valence-corrected chi connectivity index (χ1v) is 14.0. The molecule has 0 aromatic rings. The Kier molecular flexibility index (Phi) is 5.66. The van der Waals surface area contributed by atoms with Gasteiger partial charge in [0.25, 0.3) is 0 Å². The van der Waals surface area contributed by atoms with Gasteiger partial charge in [0.05, 0.1) is 11.7 Å². The monoisotopic (exact) mass is 430 g/mol. The van der Waals surface area contributed by atoms with Gasteiger partial charge in [-0.2, -0.15) is 0 Å². The molecule has 5 aliphatic carbocycles. The van der Waals surface area contributed by atoms with Crippen molar-refractivity contribution in [1.29, 1.82) is 0 Å². The molecule has 178 valence electrons. The topological polar surface area (TPSA) is 40.5 Å². The molecule has 0 aliphatic heterocycles. The SMILES string of the molecule is CC[C@]1(O)CC[C@@]2(C)[C@@H](CC[C@@H]3[C@@H]2CC[C@]2(C)[C@@H]([C@H](C)[C@H](O)CC4C[C@H]4C)CC[C@@H]32)C1. The summed E-state index contributed by atoms with van der Waals surface area (Å²) in [5.41, 5.74) is 0.513. The van der Waals surface area contributed by atoms with Crippen LogP contribution in [0.5, 0.6) is 0 Å². The molecule has 0 bridgehead atoms. The van der Waals surface area contributed by atoms with Crippen molar-refractivity contribution in [1.82, 2.24) is 0 Å². The molecule has 0 heterocycles. The van der Waals surface area contributed by atoms with Crippen molar-refractivity contribution in [3.05, 3.63) is 0 Å². The molecule has 0 saturated heterocycles. The van der Waals surface area contributed by atoms with Gasteiger partial charge in [-0.15, -0.1) is 0 Å². The lowest BCUT2D eigenvalue weighted by atomic mass is 9.43. The Labute approximate surface area is 192 Å². The Morgan fingerprint density at radius 1 is 0.935 bits per heavy atom. The van der Waals surface area contributed by atoms with Crippen molar-refractivity contribution in [3.8, 4) is 0 Å². The zero-order valence-electron chi connectivity index (χ0n) is 21.1. The Hall–Kier alpha value is -0.0800. The van der Waals surface area contributed by atoms with Crippen LogP contribution in [0.25, 0.3) is 0 Å². The Bertz CT molecular complexity index is 676. The third-order valence-electron chi connectivity index (χ3n) is 12.6. The van der Waals surface area contributed by atoms with Crippen LogP contribution in [0.15, 0.2) is 0 Å². The van der Waals surface area contributed by atoms with Gasteiger partial charge in [0.1, 0.15) is 0 Å².